The molecule has 0 atom stereocenters. The average molecular weight is 171 g/mol. The number of nitrogens with zero attached hydrogens (tertiary/aromatic N) is 1. The number of carbonyl (C=O) groups is 1. The smallest absolute Gasteiger partial charge is 0.305 e. The zero-order valence-corrected chi connectivity index (χ0v) is 7.06. The molecule has 0 radical (unpaired) electrons. The van der Waals surface area contributed by atoms with Gasteiger partial charge >= 0.3 is 5.97 Å². The molecule has 0 amide bonds. The Morgan fingerprint density at radius 3 is 3.18 bits per heavy atom. The summed E-state index contributed by atoms with van der Waals surface area (Å²) in [6.45, 7) is 2.08. The molecule has 0 unspecified atom stereocenters. The highest BCUT2D eigenvalue weighted by atomic mass is 32.1. The van der Waals surface area contributed by atoms with Gasteiger partial charge in [0.25, 0.3) is 0 Å². The van der Waals surface area contributed by atoms with E-state index < -0.39 is 0 Å². The molecule has 0 aliphatic carbocycles. The Balaban J connectivity index is 2.29. The van der Waals surface area contributed by atoms with Gasteiger partial charge in [-0.15, -0.1) is 11.3 Å². The van der Waals surface area contributed by atoms with Crippen LogP contribution in [-0.4, -0.2) is 11.0 Å². The molecule has 1 aromatic heterocycles. The monoisotopic (exact) mass is 171 g/mol. The summed E-state index contributed by atoms with van der Waals surface area (Å²) in [5.41, 5.74) is 0. The van der Waals surface area contributed by atoms with Crippen LogP contribution >= 0.6 is 11.3 Å². The van der Waals surface area contributed by atoms with E-state index >= 15 is 0 Å². The van der Waals surface area contributed by atoms with Gasteiger partial charge in [0, 0.05) is 18.0 Å². The van der Waals surface area contributed by atoms with Gasteiger partial charge < -0.3 is 4.74 Å². The van der Waals surface area contributed by atoms with Crippen molar-refractivity contribution in [1.29, 1.82) is 0 Å². The molecule has 1 aromatic rings. The predicted octanol–water partition coefficient (Wildman–Crippen LogP) is 1.60. The summed E-state index contributed by atoms with van der Waals surface area (Å²) in [5.74, 6) is -0.180. The Bertz CT molecular complexity index is 220. The van der Waals surface area contributed by atoms with Gasteiger partial charge in [0.1, 0.15) is 11.6 Å². The second-order valence-electron chi connectivity index (χ2n) is 1.94. The predicted molar refractivity (Wildman–Crippen MR) is 42.2 cm³/mol. The first-order chi connectivity index (χ1) is 5.33. The second kappa shape index (κ2) is 4.08. The van der Waals surface area contributed by atoms with Crippen molar-refractivity contribution in [2.45, 2.75) is 20.0 Å². The van der Waals surface area contributed by atoms with Gasteiger partial charge in [0.15, 0.2) is 0 Å². The highest BCUT2D eigenvalue weighted by molar-refractivity contribution is 7.09. The molecule has 0 fully saturated rings. The highest BCUT2D eigenvalue weighted by Crippen LogP contribution is 2.05. The molecule has 0 saturated carbocycles. The molecule has 1 rings (SSSR count). The lowest BCUT2D eigenvalue weighted by Gasteiger charge is -1.97. The van der Waals surface area contributed by atoms with E-state index in [4.69, 9.17) is 4.74 Å². The van der Waals surface area contributed by atoms with Crippen LogP contribution in [0.5, 0.6) is 0 Å². The van der Waals surface area contributed by atoms with Crippen LogP contribution in [0.15, 0.2) is 11.6 Å². The molecule has 0 N–H and O–H groups in total. The zero-order chi connectivity index (χ0) is 8.10. The number of rotatable bonds is 3. The second-order valence-corrected chi connectivity index (χ2v) is 2.92. The van der Waals surface area contributed by atoms with E-state index in [0.717, 1.165) is 5.01 Å². The van der Waals surface area contributed by atoms with E-state index in [1.807, 2.05) is 5.38 Å². The first kappa shape index (κ1) is 8.20. The van der Waals surface area contributed by atoms with Crippen molar-refractivity contribution in [2.24, 2.45) is 0 Å². The minimum atomic E-state index is -0.180. The Kier molecular flexibility index (Phi) is 3.04. The molecule has 0 aliphatic rings. The largest absolute Gasteiger partial charge is 0.458 e. The number of carbonyl (C=O) groups excluding carboxylic acids is 1. The topological polar surface area (TPSA) is 39.2 Å². The van der Waals surface area contributed by atoms with Gasteiger partial charge in [0.2, 0.25) is 0 Å². The van der Waals surface area contributed by atoms with Crippen molar-refractivity contribution in [2.75, 3.05) is 0 Å². The van der Waals surface area contributed by atoms with Gasteiger partial charge in [-0.25, -0.2) is 4.98 Å². The number of aromatic nitrogens is 1. The minimum absolute atomic E-state index is 0.180. The molecule has 0 bridgehead atoms. The molecule has 11 heavy (non-hydrogen) atoms. The summed E-state index contributed by atoms with van der Waals surface area (Å²) in [5, 5.41) is 2.70. The van der Waals surface area contributed by atoms with Gasteiger partial charge in [-0.2, -0.15) is 0 Å². The van der Waals surface area contributed by atoms with Crippen LogP contribution in [0.25, 0.3) is 0 Å². The van der Waals surface area contributed by atoms with Crippen LogP contribution in [0.1, 0.15) is 18.4 Å². The van der Waals surface area contributed by atoms with E-state index in [2.05, 4.69) is 4.98 Å². The Morgan fingerprint density at radius 2 is 2.64 bits per heavy atom. The van der Waals surface area contributed by atoms with Crippen molar-refractivity contribution < 1.29 is 9.53 Å². The summed E-state index contributed by atoms with van der Waals surface area (Å²) in [6.07, 6.45) is 2.12. The summed E-state index contributed by atoms with van der Waals surface area (Å²) < 4.78 is 4.84. The third-order valence-corrected chi connectivity index (χ3v) is 1.88. The summed E-state index contributed by atoms with van der Waals surface area (Å²) in [4.78, 5) is 14.6. The standard InChI is InChI=1S/C7H9NO2S/c1-2-7(9)10-5-6-8-3-4-11-6/h3-4H,2,5H2,1H3. The fourth-order valence-electron chi connectivity index (χ4n) is 0.569. The Labute approximate surface area is 69.0 Å². The van der Waals surface area contributed by atoms with Gasteiger partial charge in [0.05, 0.1) is 0 Å². The zero-order valence-electron chi connectivity index (χ0n) is 6.24. The van der Waals surface area contributed by atoms with Crippen molar-refractivity contribution in [3.05, 3.63) is 16.6 Å². The lowest BCUT2D eigenvalue weighted by atomic mass is 10.5. The quantitative estimate of drug-likeness (QED) is 0.648. The Morgan fingerprint density at radius 1 is 1.82 bits per heavy atom. The lowest BCUT2D eigenvalue weighted by Crippen LogP contribution is -2.01. The van der Waals surface area contributed by atoms with Gasteiger partial charge in [-0.3, -0.25) is 4.79 Å². The molecule has 1 heterocycles. The average Bonchev–Trinajstić information content (AvgIpc) is 2.52. The van der Waals surface area contributed by atoms with Crippen LogP contribution in [0, 0.1) is 0 Å². The molecule has 0 aliphatic heterocycles. The normalized spacial score (nSPS) is 9.55. The molecule has 3 nitrogen and oxygen atoms in total. The number of hydrogen-bond acceptors (Lipinski definition) is 4. The lowest BCUT2D eigenvalue weighted by molar-refractivity contribution is -0.144. The fourth-order valence-corrected chi connectivity index (χ4v) is 1.10. The van der Waals surface area contributed by atoms with E-state index in [1.54, 1.807) is 13.1 Å². The third kappa shape index (κ3) is 2.67. The third-order valence-electron chi connectivity index (χ3n) is 1.13. The van der Waals surface area contributed by atoms with Crippen LogP contribution in [-0.2, 0) is 16.1 Å². The first-order valence-corrected chi connectivity index (χ1v) is 4.25. The number of hydrogen-bond donors (Lipinski definition) is 0. The summed E-state index contributed by atoms with van der Waals surface area (Å²) in [6, 6.07) is 0. The maximum Gasteiger partial charge on any atom is 0.305 e. The number of thiazole rings is 1. The molecule has 0 aromatic carbocycles. The van der Waals surface area contributed by atoms with Crippen LogP contribution < -0.4 is 0 Å². The number of ether oxygens (including phenoxy) is 1. The maximum atomic E-state index is 10.7. The van der Waals surface area contributed by atoms with Crippen LogP contribution in [0.3, 0.4) is 0 Å². The van der Waals surface area contributed by atoms with Crippen molar-refractivity contribution in [3.8, 4) is 0 Å². The van der Waals surface area contributed by atoms with Crippen LogP contribution in [0.2, 0.25) is 0 Å². The number of esters is 1. The first-order valence-electron chi connectivity index (χ1n) is 3.37. The molecule has 60 valence electrons. The van der Waals surface area contributed by atoms with E-state index in [0.29, 0.717) is 13.0 Å². The van der Waals surface area contributed by atoms with Crippen LogP contribution in [0.4, 0.5) is 0 Å². The van der Waals surface area contributed by atoms with Crippen molar-refractivity contribution in [3.63, 3.8) is 0 Å². The van der Waals surface area contributed by atoms with E-state index in [1.165, 1.54) is 11.3 Å². The van der Waals surface area contributed by atoms with E-state index in [-0.39, 0.29) is 5.97 Å². The molecule has 0 saturated heterocycles. The molecule has 0 spiro atoms. The fraction of sp³-hybridized carbons (Fsp3) is 0.429. The van der Waals surface area contributed by atoms with E-state index in [9.17, 15) is 4.79 Å². The minimum Gasteiger partial charge on any atom is -0.458 e. The van der Waals surface area contributed by atoms with Gasteiger partial charge in [-0.05, 0) is 0 Å². The van der Waals surface area contributed by atoms with Gasteiger partial charge in [-0.1, -0.05) is 6.92 Å². The maximum absolute atomic E-state index is 10.7. The molecule has 4 heteroatoms. The molecular formula is C7H9NO2S. The summed E-state index contributed by atoms with van der Waals surface area (Å²) >= 11 is 1.49. The summed E-state index contributed by atoms with van der Waals surface area (Å²) in [7, 11) is 0. The van der Waals surface area contributed by atoms with Crippen molar-refractivity contribution >= 4 is 17.3 Å². The SMILES string of the molecule is CCC(=O)OCc1nccs1. The van der Waals surface area contributed by atoms with Crippen molar-refractivity contribution in [1.82, 2.24) is 4.98 Å². The Hall–Kier alpha value is -0.900. The highest BCUT2D eigenvalue weighted by Gasteiger charge is 1.99. The molecular weight excluding hydrogens is 162 g/mol.